The lowest BCUT2D eigenvalue weighted by molar-refractivity contribution is -0.125. The van der Waals surface area contributed by atoms with Gasteiger partial charge in [-0.3, -0.25) is 4.79 Å². The average Bonchev–Trinajstić information content (AvgIpc) is 3.10. The Morgan fingerprint density at radius 3 is 2.66 bits per heavy atom. The summed E-state index contributed by atoms with van der Waals surface area (Å²) >= 11 is 6.04. The van der Waals surface area contributed by atoms with E-state index in [0.29, 0.717) is 23.9 Å². The molecule has 0 aliphatic carbocycles. The van der Waals surface area contributed by atoms with Crippen molar-refractivity contribution in [1.82, 2.24) is 10.1 Å². The van der Waals surface area contributed by atoms with Gasteiger partial charge in [-0.25, -0.2) is 4.39 Å². The lowest BCUT2D eigenvalue weighted by Gasteiger charge is -2.16. The number of rotatable bonds is 8. The molecule has 8 heteroatoms. The number of nitrogens with zero attached hydrogens (tertiary/aromatic N) is 2. The van der Waals surface area contributed by atoms with Gasteiger partial charge < -0.3 is 18.9 Å². The van der Waals surface area contributed by atoms with Crippen molar-refractivity contribution in [2.24, 2.45) is 0 Å². The standard InChI is InChI=1S/C24H24ClFN2O4/c1-15-19(16(2)32-27-15)14-31-22-10-8-17(12-23(22)30-4)9-11-24(29)28(3)13-18-20(25)6-5-7-21(18)26/h5-12H,13-14H2,1-4H3. The van der Waals surface area contributed by atoms with Crippen molar-refractivity contribution in [3.8, 4) is 11.5 Å². The Balaban J connectivity index is 1.67. The predicted octanol–water partition coefficient (Wildman–Crippen LogP) is 5.34. The first-order valence-corrected chi connectivity index (χ1v) is 10.3. The molecule has 6 nitrogen and oxygen atoms in total. The number of hydrogen-bond donors (Lipinski definition) is 0. The van der Waals surface area contributed by atoms with Crippen molar-refractivity contribution >= 4 is 23.6 Å². The minimum Gasteiger partial charge on any atom is -0.493 e. The van der Waals surface area contributed by atoms with E-state index in [2.05, 4.69) is 5.16 Å². The Hall–Kier alpha value is -3.32. The van der Waals surface area contributed by atoms with E-state index in [4.69, 9.17) is 25.6 Å². The molecular weight excluding hydrogens is 435 g/mol. The SMILES string of the molecule is COc1cc(C=CC(=O)N(C)Cc2c(F)cccc2Cl)ccc1OCc1c(C)noc1C. The van der Waals surface area contributed by atoms with Crippen LogP contribution >= 0.6 is 11.6 Å². The van der Waals surface area contributed by atoms with Gasteiger partial charge in [0.1, 0.15) is 18.2 Å². The topological polar surface area (TPSA) is 64.8 Å². The fourth-order valence-electron chi connectivity index (χ4n) is 3.06. The molecule has 0 atom stereocenters. The number of halogens is 2. The van der Waals surface area contributed by atoms with Crippen LogP contribution < -0.4 is 9.47 Å². The maximum Gasteiger partial charge on any atom is 0.246 e. The smallest absolute Gasteiger partial charge is 0.246 e. The van der Waals surface area contributed by atoms with Crippen molar-refractivity contribution in [2.45, 2.75) is 27.0 Å². The molecule has 168 valence electrons. The first-order valence-electron chi connectivity index (χ1n) is 9.88. The quantitative estimate of drug-likeness (QED) is 0.426. The summed E-state index contributed by atoms with van der Waals surface area (Å²) in [5.74, 6) is 1.06. The number of hydrogen-bond acceptors (Lipinski definition) is 5. The number of methoxy groups -OCH3 is 1. The number of carbonyl (C=O) groups excluding carboxylic acids is 1. The van der Waals surface area contributed by atoms with E-state index in [-0.39, 0.29) is 23.0 Å². The van der Waals surface area contributed by atoms with Crippen LogP contribution in [-0.2, 0) is 17.9 Å². The second kappa shape index (κ2) is 10.3. The van der Waals surface area contributed by atoms with Gasteiger partial charge in [-0.2, -0.15) is 0 Å². The van der Waals surface area contributed by atoms with Gasteiger partial charge in [-0.05, 0) is 49.8 Å². The lowest BCUT2D eigenvalue weighted by atomic mass is 10.1. The van der Waals surface area contributed by atoms with Gasteiger partial charge >= 0.3 is 0 Å². The molecule has 1 amide bonds. The van der Waals surface area contributed by atoms with E-state index >= 15 is 0 Å². The monoisotopic (exact) mass is 458 g/mol. The molecular formula is C24H24ClFN2O4. The molecule has 32 heavy (non-hydrogen) atoms. The van der Waals surface area contributed by atoms with Gasteiger partial charge in [-0.1, -0.05) is 28.9 Å². The van der Waals surface area contributed by atoms with Crippen LogP contribution in [0.15, 0.2) is 47.0 Å². The Bertz CT molecular complexity index is 1100. The molecule has 1 aromatic heterocycles. The fraction of sp³-hybridized carbons (Fsp3) is 0.250. The number of benzene rings is 2. The van der Waals surface area contributed by atoms with Crippen LogP contribution in [0.5, 0.6) is 11.5 Å². The molecule has 0 aliphatic heterocycles. The Kier molecular flexibility index (Phi) is 7.53. The summed E-state index contributed by atoms with van der Waals surface area (Å²) in [5.41, 5.74) is 2.69. The zero-order valence-corrected chi connectivity index (χ0v) is 19.1. The van der Waals surface area contributed by atoms with Crippen molar-refractivity contribution in [3.63, 3.8) is 0 Å². The molecule has 0 N–H and O–H groups in total. The summed E-state index contributed by atoms with van der Waals surface area (Å²) < 4.78 is 30.4. The van der Waals surface area contributed by atoms with Crippen molar-refractivity contribution < 1.29 is 23.2 Å². The minimum absolute atomic E-state index is 0.0620. The number of aryl methyl sites for hydroxylation is 2. The van der Waals surface area contributed by atoms with Crippen LogP contribution in [0, 0.1) is 19.7 Å². The summed E-state index contributed by atoms with van der Waals surface area (Å²) in [6.45, 7) is 4.05. The summed E-state index contributed by atoms with van der Waals surface area (Å²) in [4.78, 5) is 13.9. The molecule has 0 spiro atoms. The molecule has 0 radical (unpaired) electrons. The van der Waals surface area contributed by atoms with Crippen LogP contribution in [0.1, 0.15) is 28.1 Å². The predicted molar refractivity (Wildman–Crippen MR) is 120 cm³/mol. The van der Waals surface area contributed by atoms with Crippen molar-refractivity contribution in [2.75, 3.05) is 14.2 Å². The van der Waals surface area contributed by atoms with Crippen LogP contribution in [-0.4, -0.2) is 30.1 Å². The summed E-state index contributed by atoms with van der Waals surface area (Å²) in [6.07, 6.45) is 3.07. The summed E-state index contributed by atoms with van der Waals surface area (Å²) in [6, 6.07) is 9.78. The lowest BCUT2D eigenvalue weighted by Crippen LogP contribution is -2.24. The van der Waals surface area contributed by atoms with E-state index in [9.17, 15) is 9.18 Å². The summed E-state index contributed by atoms with van der Waals surface area (Å²) in [5, 5.41) is 4.20. The largest absolute Gasteiger partial charge is 0.493 e. The Labute approximate surface area is 191 Å². The van der Waals surface area contributed by atoms with Gasteiger partial charge in [-0.15, -0.1) is 0 Å². The van der Waals surface area contributed by atoms with Gasteiger partial charge in [0, 0.05) is 30.3 Å². The molecule has 3 aromatic rings. The van der Waals surface area contributed by atoms with E-state index in [0.717, 1.165) is 16.8 Å². The second-order valence-electron chi connectivity index (χ2n) is 7.23. The maximum absolute atomic E-state index is 14.0. The highest BCUT2D eigenvalue weighted by molar-refractivity contribution is 6.31. The zero-order chi connectivity index (χ0) is 23.3. The van der Waals surface area contributed by atoms with Crippen molar-refractivity contribution in [1.29, 1.82) is 0 Å². The van der Waals surface area contributed by atoms with Crippen LogP contribution in [0.25, 0.3) is 6.08 Å². The van der Waals surface area contributed by atoms with Crippen molar-refractivity contribution in [3.05, 3.63) is 81.5 Å². The maximum atomic E-state index is 14.0. The first-order chi connectivity index (χ1) is 15.3. The van der Waals surface area contributed by atoms with Crippen LogP contribution in [0.3, 0.4) is 0 Å². The fourth-order valence-corrected chi connectivity index (χ4v) is 3.28. The highest BCUT2D eigenvalue weighted by Crippen LogP contribution is 2.30. The van der Waals surface area contributed by atoms with Gasteiger partial charge in [0.15, 0.2) is 11.5 Å². The molecule has 0 saturated heterocycles. The first kappa shape index (κ1) is 23.3. The number of likely N-dealkylation sites (N-methyl/N-ethyl adjacent to an activating group) is 1. The van der Waals surface area contributed by atoms with Gasteiger partial charge in [0.2, 0.25) is 5.91 Å². The highest BCUT2D eigenvalue weighted by atomic mass is 35.5. The Morgan fingerprint density at radius 1 is 1.22 bits per heavy atom. The molecule has 2 aromatic carbocycles. The number of aromatic nitrogens is 1. The second-order valence-corrected chi connectivity index (χ2v) is 7.64. The minimum atomic E-state index is -0.446. The third-order valence-corrected chi connectivity index (χ3v) is 5.35. The average molecular weight is 459 g/mol. The Morgan fingerprint density at radius 2 is 2.00 bits per heavy atom. The van der Waals surface area contributed by atoms with Gasteiger partial charge in [0.25, 0.3) is 0 Å². The van der Waals surface area contributed by atoms with E-state index in [1.807, 2.05) is 19.9 Å². The third-order valence-electron chi connectivity index (χ3n) is 4.99. The van der Waals surface area contributed by atoms with Crippen LogP contribution in [0.2, 0.25) is 5.02 Å². The van der Waals surface area contributed by atoms with E-state index in [1.165, 1.54) is 23.1 Å². The number of ether oxygens (including phenoxy) is 2. The normalized spacial score (nSPS) is 11.1. The number of carbonyl (C=O) groups is 1. The van der Waals surface area contributed by atoms with Crippen LogP contribution in [0.4, 0.5) is 4.39 Å². The summed E-state index contributed by atoms with van der Waals surface area (Å²) in [7, 11) is 3.13. The number of amides is 1. The molecule has 0 aliphatic rings. The van der Waals surface area contributed by atoms with Gasteiger partial charge in [0.05, 0.1) is 18.4 Å². The highest BCUT2D eigenvalue weighted by Gasteiger charge is 2.14. The molecule has 0 unspecified atom stereocenters. The molecule has 3 rings (SSSR count). The third kappa shape index (κ3) is 5.48. The molecule has 0 saturated carbocycles. The molecule has 1 heterocycles. The molecule has 0 bridgehead atoms. The van der Waals surface area contributed by atoms with E-state index < -0.39 is 5.82 Å². The van der Waals surface area contributed by atoms with E-state index in [1.54, 1.807) is 38.4 Å². The zero-order valence-electron chi connectivity index (χ0n) is 18.3. The molecule has 0 fully saturated rings.